The highest BCUT2D eigenvalue weighted by Gasteiger charge is 2.35. The molecule has 4 N–H and O–H groups in total. The summed E-state index contributed by atoms with van der Waals surface area (Å²) in [5, 5.41) is 17.2. The molecule has 28 heavy (non-hydrogen) atoms. The van der Waals surface area contributed by atoms with E-state index in [1.807, 2.05) is 6.07 Å². The predicted octanol–water partition coefficient (Wildman–Crippen LogP) is 4.40. The van der Waals surface area contributed by atoms with E-state index in [0.717, 1.165) is 3.57 Å². The van der Waals surface area contributed by atoms with Crippen LogP contribution in [0.25, 0.3) is 0 Å². The lowest BCUT2D eigenvalue weighted by Gasteiger charge is -2.27. The Labute approximate surface area is 195 Å². The molecule has 2 aromatic carbocycles. The first-order chi connectivity index (χ1) is 13.1. The molecular formula is C17H13Cl3IN3O3S. The number of carboxylic acid groups (broad SMARTS) is 1. The lowest BCUT2D eigenvalue weighted by Crippen LogP contribution is -2.56. The topological polar surface area (TPSA) is 90.5 Å². The van der Waals surface area contributed by atoms with Gasteiger partial charge in [0.15, 0.2) is 5.11 Å². The van der Waals surface area contributed by atoms with E-state index >= 15 is 0 Å². The number of carbonyl (C=O) groups is 2. The Morgan fingerprint density at radius 2 is 1.68 bits per heavy atom. The van der Waals surface area contributed by atoms with Crippen molar-refractivity contribution in [1.82, 2.24) is 10.6 Å². The number of amides is 1. The predicted molar refractivity (Wildman–Crippen MR) is 123 cm³/mol. The summed E-state index contributed by atoms with van der Waals surface area (Å²) in [5.41, 5.74) is 0.892. The molecule has 0 bridgehead atoms. The highest BCUT2D eigenvalue weighted by Crippen LogP contribution is 2.29. The molecule has 0 aliphatic heterocycles. The number of carbonyl (C=O) groups excluding carboxylic acids is 1. The average Bonchev–Trinajstić information content (AvgIpc) is 2.60. The van der Waals surface area contributed by atoms with Gasteiger partial charge in [-0.2, -0.15) is 0 Å². The molecule has 0 unspecified atom stereocenters. The lowest BCUT2D eigenvalue weighted by molar-refractivity contribution is 0.0696. The minimum absolute atomic E-state index is 0.0295. The van der Waals surface area contributed by atoms with Crippen molar-refractivity contribution < 1.29 is 14.7 Å². The van der Waals surface area contributed by atoms with Crippen LogP contribution in [-0.2, 0) is 0 Å². The van der Waals surface area contributed by atoms with Gasteiger partial charge < -0.3 is 21.1 Å². The van der Waals surface area contributed by atoms with Gasteiger partial charge in [0.25, 0.3) is 5.91 Å². The summed E-state index contributed by atoms with van der Waals surface area (Å²) in [7, 11) is 0. The molecule has 6 nitrogen and oxygen atoms in total. The molecule has 1 atom stereocenters. The van der Waals surface area contributed by atoms with Crippen LogP contribution in [0.15, 0.2) is 48.5 Å². The molecule has 1 amide bonds. The number of aromatic carboxylic acids is 1. The summed E-state index contributed by atoms with van der Waals surface area (Å²) < 4.78 is -1.04. The van der Waals surface area contributed by atoms with Crippen LogP contribution in [0.5, 0.6) is 0 Å². The van der Waals surface area contributed by atoms with E-state index in [0.29, 0.717) is 11.3 Å². The van der Waals surface area contributed by atoms with Crippen molar-refractivity contribution in [3.8, 4) is 0 Å². The Kier molecular flexibility index (Phi) is 8.14. The third-order valence-corrected chi connectivity index (χ3v) is 4.88. The van der Waals surface area contributed by atoms with Crippen molar-refractivity contribution in [1.29, 1.82) is 0 Å². The van der Waals surface area contributed by atoms with Gasteiger partial charge in [-0.05, 0) is 71.2 Å². The number of hydrogen-bond acceptors (Lipinski definition) is 3. The largest absolute Gasteiger partial charge is 0.478 e. The van der Waals surface area contributed by atoms with Gasteiger partial charge in [-0.3, -0.25) is 4.79 Å². The smallest absolute Gasteiger partial charge is 0.335 e. The fourth-order valence-corrected chi connectivity index (χ4v) is 3.18. The first-order valence-electron chi connectivity index (χ1n) is 7.60. The summed E-state index contributed by atoms with van der Waals surface area (Å²) in [6, 6.07) is 12.9. The van der Waals surface area contributed by atoms with Crippen LogP contribution in [0.1, 0.15) is 20.7 Å². The second kappa shape index (κ2) is 9.93. The molecule has 0 heterocycles. The fourth-order valence-electron chi connectivity index (χ4n) is 2.07. The van der Waals surface area contributed by atoms with Crippen LogP contribution in [0, 0.1) is 3.57 Å². The molecule has 0 saturated carbocycles. The SMILES string of the molecule is O=C(O)c1cccc(NC(=S)N[C@@H](NC(=O)c2cccc(I)c2)C(Cl)(Cl)Cl)c1. The molecule has 0 saturated heterocycles. The zero-order chi connectivity index (χ0) is 20.9. The molecular weight excluding hydrogens is 560 g/mol. The number of carboxylic acids is 1. The zero-order valence-electron chi connectivity index (χ0n) is 13.9. The highest BCUT2D eigenvalue weighted by atomic mass is 127. The third-order valence-electron chi connectivity index (χ3n) is 3.33. The van der Waals surface area contributed by atoms with Crippen LogP contribution < -0.4 is 16.0 Å². The van der Waals surface area contributed by atoms with Gasteiger partial charge in [0.05, 0.1) is 5.56 Å². The number of thiocarbonyl (C=S) groups is 1. The number of hydrogen-bond donors (Lipinski definition) is 4. The normalized spacial score (nSPS) is 12.0. The number of benzene rings is 2. The molecule has 0 fully saturated rings. The van der Waals surface area contributed by atoms with E-state index in [4.69, 9.17) is 52.1 Å². The monoisotopic (exact) mass is 571 g/mol. The van der Waals surface area contributed by atoms with E-state index in [-0.39, 0.29) is 10.7 Å². The minimum atomic E-state index is -1.91. The quantitative estimate of drug-likeness (QED) is 0.184. The molecule has 0 aliphatic carbocycles. The number of alkyl halides is 3. The number of anilines is 1. The molecule has 0 radical (unpaired) electrons. The second-order valence-corrected chi connectivity index (χ2v) is 9.47. The summed E-state index contributed by atoms with van der Waals surface area (Å²) in [6.07, 6.45) is -1.15. The van der Waals surface area contributed by atoms with Gasteiger partial charge in [0.2, 0.25) is 3.79 Å². The van der Waals surface area contributed by atoms with E-state index in [9.17, 15) is 9.59 Å². The van der Waals surface area contributed by atoms with Crippen molar-refractivity contribution in [2.24, 2.45) is 0 Å². The van der Waals surface area contributed by atoms with Crippen molar-refractivity contribution >= 4 is 92.3 Å². The summed E-state index contributed by atoms with van der Waals surface area (Å²) in [4.78, 5) is 23.5. The second-order valence-electron chi connectivity index (χ2n) is 5.44. The Morgan fingerprint density at radius 3 is 2.29 bits per heavy atom. The van der Waals surface area contributed by atoms with Gasteiger partial charge in [-0.25, -0.2) is 4.79 Å². The summed E-state index contributed by atoms with van der Waals surface area (Å²) >= 11 is 25.2. The molecule has 0 aliphatic rings. The van der Waals surface area contributed by atoms with E-state index in [2.05, 4.69) is 38.5 Å². The maximum Gasteiger partial charge on any atom is 0.335 e. The van der Waals surface area contributed by atoms with Gasteiger partial charge in [-0.1, -0.05) is 46.9 Å². The van der Waals surface area contributed by atoms with E-state index in [1.54, 1.807) is 30.3 Å². The molecule has 148 valence electrons. The van der Waals surface area contributed by atoms with Crippen LogP contribution >= 0.6 is 69.6 Å². The number of halogens is 4. The average molecular weight is 573 g/mol. The van der Waals surface area contributed by atoms with Crippen molar-refractivity contribution in [3.05, 3.63) is 63.2 Å². The Hall–Kier alpha value is -1.33. The third kappa shape index (κ3) is 6.93. The summed E-state index contributed by atoms with van der Waals surface area (Å²) in [6.45, 7) is 0. The fraction of sp³-hybridized carbons (Fsp3) is 0.118. The van der Waals surface area contributed by atoms with E-state index in [1.165, 1.54) is 12.1 Å². The first-order valence-corrected chi connectivity index (χ1v) is 10.2. The van der Waals surface area contributed by atoms with Crippen LogP contribution in [-0.4, -0.2) is 32.1 Å². The van der Waals surface area contributed by atoms with Gasteiger partial charge in [0, 0.05) is 14.8 Å². The Bertz CT molecular complexity index is 908. The standard InChI is InChI=1S/C17H13Cl3IN3O3S/c18-17(19,20)15(23-13(25)9-3-1-5-11(21)7-9)24-16(28)22-12-6-2-4-10(8-12)14(26)27/h1-8,15H,(H,23,25)(H,26,27)(H2,22,24,28)/t15-/m1/s1. The van der Waals surface area contributed by atoms with Crippen LogP contribution in [0.3, 0.4) is 0 Å². The van der Waals surface area contributed by atoms with Crippen molar-refractivity contribution in [2.45, 2.75) is 9.96 Å². The highest BCUT2D eigenvalue weighted by molar-refractivity contribution is 14.1. The molecule has 11 heteroatoms. The van der Waals surface area contributed by atoms with E-state index < -0.39 is 21.8 Å². The molecule has 2 rings (SSSR count). The van der Waals surface area contributed by atoms with Gasteiger partial charge in [-0.15, -0.1) is 0 Å². The van der Waals surface area contributed by atoms with Crippen LogP contribution in [0.4, 0.5) is 5.69 Å². The van der Waals surface area contributed by atoms with Gasteiger partial charge >= 0.3 is 5.97 Å². The maximum atomic E-state index is 12.5. The van der Waals surface area contributed by atoms with Gasteiger partial charge in [0.1, 0.15) is 6.17 Å². The number of rotatable bonds is 5. The van der Waals surface area contributed by atoms with Crippen LogP contribution in [0.2, 0.25) is 0 Å². The molecule has 0 aromatic heterocycles. The first kappa shape index (κ1) is 23.0. The zero-order valence-corrected chi connectivity index (χ0v) is 19.1. The Morgan fingerprint density at radius 1 is 1.04 bits per heavy atom. The summed E-state index contributed by atoms with van der Waals surface area (Å²) in [5.74, 6) is -1.54. The maximum absolute atomic E-state index is 12.5. The Balaban J connectivity index is 2.09. The van der Waals surface area contributed by atoms with Crippen molar-refractivity contribution in [2.75, 3.05) is 5.32 Å². The number of nitrogens with one attached hydrogen (secondary N) is 3. The molecule has 2 aromatic rings. The minimum Gasteiger partial charge on any atom is -0.478 e. The molecule has 0 spiro atoms. The lowest BCUT2D eigenvalue weighted by atomic mass is 10.2. The van der Waals surface area contributed by atoms with Crippen molar-refractivity contribution in [3.63, 3.8) is 0 Å².